The highest BCUT2D eigenvalue weighted by Gasteiger charge is 2.07. The lowest BCUT2D eigenvalue weighted by molar-refractivity contribution is -0.143. The molecule has 1 aromatic rings. The molecule has 0 saturated heterocycles. The summed E-state index contributed by atoms with van der Waals surface area (Å²) in [6.45, 7) is 1.44. The monoisotopic (exact) mass is 237 g/mol. The standard InChI is InChI=1S/C13H19NO3/c1-16-7-4-8-17-13(15)9-11-5-2-3-6-12(11)10-14/h2-3,5-6H,4,7-10,14H2,1H3. The highest BCUT2D eigenvalue weighted by Crippen LogP contribution is 2.09. The second-order valence-electron chi connectivity index (χ2n) is 3.72. The Hall–Kier alpha value is -1.39. The van der Waals surface area contributed by atoms with E-state index in [4.69, 9.17) is 15.2 Å². The zero-order valence-electron chi connectivity index (χ0n) is 10.1. The van der Waals surface area contributed by atoms with Crippen molar-refractivity contribution in [2.24, 2.45) is 5.73 Å². The fourth-order valence-corrected chi connectivity index (χ4v) is 1.52. The third-order valence-corrected chi connectivity index (χ3v) is 2.43. The van der Waals surface area contributed by atoms with E-state index in [-0.39, 0.29) is 12.4 Å². The molecule has 94 valence electrons. The summed E-state index contributed by atoms with van der Waals surface area (Å²) in [6, 6.07) is 7.63. The van der Waals surface area contributed by atoms with Gasteiger partial charge in [-0.2, -0.15) is 0 Å². The van der Waals surface area contributed by atoms with Crippen LogP contribution in [0.4, 0.5) is 0 Å². The van der Waals surface area contributed by atoms with Gasteiger partial charge in [-0.3, -0.25) is 4.79 Å². The Bertz CT molecular complexity index is 352. The van der Waals surface area contributed by atoms with Crippen LogP contribution in [0.3, 0.4) is 0 Å². The van der Waals surface area contributed by atoms with E-state index in [9.17, 15) is 4.79 Å². The topological polar surface area (TPSA) is 61.5 Å². The minimum Gasteiger partial charge on any atom is -0.465 e. The lowest BCUT2D eigenvalue weighted by Gasteiger charge is -2.07. The summed E-state index contributed by atoms with van der Waals surface area (Å²) in [5.74, 6) is -0.220. The molecular formula is C13H19NO3. The predicted octanol–water partition coefficient (Wildman–Crippen LogP) is 1.27. The molecule has 4 nitrogen and oxygen atoms in total. The molecule has 0 amide bonds. The summed E-state index contributed by atoms with van der Waals surface area (Å²) in [6.07, 6.45) is 1.00. The van der Waals surface area contributed by atoms with E-state index in [1.807, 2.05) is 24.3 Å². The average molecular weight is 237 g/mol. The van der Waals surface area contributed by atoms with Crippen LogP contribution in [0.15, 0.2) is 24.3 Å². The number of benzene rings is 1. The Morgan fingerprint density at radius 2 is 1.94 bits per heavy atom. The molecule has 0 radical (unpaired) electrons. The van der Waals surface area contributed by atoms with Crippen LogP contribution < -0.4 is 5.73 Å². The first-order chi connectivity index (χ1) is 8.27. The lowest BCUT2D eigenvalue weighted by Crippen LogP contribution is -2.12. The van der Waals surface area contributed by atoms with Crippen molar-refractivity contribution in [3.05, 3.63) is 35.4 Å². The van der Waals surface area contributed by atoms with Gasteiger partial charge in [0, 0.05) is 26.7 Å². The van der Waals surface area contributed by atoms with Crippen molar-refractivity contribution in [2.45, 2.75) is 19.4 Å². The zero-order chi connectivity index (χ0) is 12.5. The molecule has 0 aliphatic heterocycles. The smallest absolute Gasteiger partial charge is 0.310 e. The fraction of sp³-hybridized carbons (Fsp3) is 0.462. The van der Waals surface area contributed by atoms with Crippen LogP contribution in [0.2, 0.25) is 0 Å². The minimum absolute atomic E-state index is 0.220. The summed E-state index contributed by atoms with van der Waals surface area (Å²) in [7, 11) is 1.62. The van der Waals surface area contributed by atoms with E-state index in [1.165, 1.54) is 0 Å². The Kier molecular flexibility index (Phi) is 6.29. The van der Waals surface area contributed by atoms with Crippen LogP contribution >= 0.6 is 0 Å². The Morgan fingerprint density at radius 3 is 2.59 bits per heavy atom. The third kappa shape index (κ3) is 4.97. The van der Waals surface area contributed by atoms with Gasteiger partial charge in [-0.05, 0) is 11.1 Å². The molecule has 0 fully saturated rings. The molecular weight excluding hydrogens is 218 g/mol. The Balaban J connectivity index is 2.39. The van der Waals surface area contributed by atoms with Gasteiger partial charge in [0.15, 0.2) is 0 Å². The molecule has 0 spiro atoms. The number of esters is 1. The maximum atomic E-state index is 11.5. The average Bonchev–Trinajstić information content (AvgIpc) is 2.35. The summed E-state index contributed by atoms with van der Waals surface area (Å²) >= 11 is 0. The van der Waals surface area contributed by atoms with Crippen LogP contribution in [-0.4, -0.2) is 26.3 Å². The Labute approximate surface area is 102 Å². The van der Waals surface area contributed by atoms with Crippen LogP contribution in [0, 0.1) is 0 Å². The minimum atomic E-state index is -0.220. The van der Waals surface area contributed by atoms with Gasteiger partial charge in [0.05, 0.1) is 13.0 Å². The number of carbonyl (C=O) groups is 1. The maximum absolute atomic E-state index is 11.5. The van der Waals surface area contributed by atoms with Crippen molar-refractivity contribution in [1.82, 2.24) is 0 Å². The van der Waals surface area contributed by atoms with E-state index >= 15 is 0 Å². The third-order valence-electron chi connectivity index (χ3n) is 2.43. The lowest BCUT2D eigenvalue weighted by atomic mass is 10.1. The first-order valence-corrected chi connectivity index (χ1v) is 5.69. The highest BCUT2D eigenvalue weighted by atomic mass is 16.5. The summed E-state index contributed by atoms with van der Waals surface area (Å²) in [5, 5.41) is 0. The second-order valence-corrected chi connectivity index (χ2v) is 3.72. The predicted molar refractivity (Wildman–Crippen MR) is 65.5 cm³/mol. The first-order valence-electron chi connectivity index (χ1n) is 5.69. The number of methoxy groups -OCH3 is 1. The molecule has 17 heavy (non-hydrogen) atoms. The van der Waals surface area contributed by atoms with E-state index in [0.29, 0.717) is 19.8 Å². The first kappa shape index (κ1) is 13.7. The number of ether oxygens (including phenoxy) is 2. The normalized spacial score (nSPS) is 10.2. The van der Waals surface area contributed by atoms with Crippen LogP contribution in [0.5, 0.6) is 0 Å². The Morgan fingerprint density at radius 1 is 1.24 bits per heavy atom. The molecule has 0 heterocycles. The van der Waals surface area contributed by atoms with Crippen LogP contribution in [-0.2, 0) is 27.2 Å². The molecule has 0 aliphatic carbocycles. The van der Waals surface area contributed by atoms with Gasteiger partial charge < -0.3 is 15.2 Å². The van der Waals surface area contributed by atoms with Gasteiger partial charge in [-0.15, -0.1) is 0 Å². The molecule has 0 atom stereocenters. The van der Waals surface area contributed by atoms with Gasteiger partial charge in [0.1, 0.15) is 0 Å². The van der Waals surface area contributed by atoms with Gasteiger partial charge in [0.25, 0.3) is 0 Å². The van der Waals surface area contributed by atoms with Gasteiger partial charge in [-0.25, -0.2) is 0 Å². The number of carbonyl (C=O) groups excluding carboxylic acids is 1. The van der Waals surface area contributed by atoms with Crippen molar-refractivity contribution >= 4 is 5.97 Å². The van der Waals surface area contributed by atoms with Crippen LogP contribution in [0.25, 0.3) is 0 Å². The number of hydrogen-bond donors (Lipinski definition) is 1. The summed E-state index contributed by atoms with van der Waals surface area (Å²) in [4.78, 5) is 11.5. The van der Waals surface area contributed by atoms with Crippen molar-refractivity contribution < 1.29 is 14.3 Å². The number of hydrogen-bond acceptors (Lipinski definition) is 4. The second kappa shape index (κ2) is 7.81. The maximum Gasteiger partial charge on any atom is 0.310 e. The van der Waals surface area contributed by atoms with Crippen molar-refractivity contribution in [3.8, 4) is 0 Å². The highest BCUT2D eigenvalue weighted by molar-refractivity contribution is 5.73. The molecule has 4 heteroatoms. The van der Waals surface area contributed by atoms with Gasteiger partial charge >= 0.3 is 5.97 Å². The van der Waals surface area contributed by atoms with E-state index < -0.39 is 0 Å². The van der Waals surface area contributed by atoms with E-state index in [1.54, 1.807) is 7.11 Å². The quantitative estimate of drug-likeness (QED) is 0.573. The van der Waals surface area contributed by atoms with Gasteiger partial charge in [0.2, 0.25) is 0 Å². The molecule has 1 rings (SSSR count). The molecule has 0 bridgehead atoms. The largest absolute Gasteiger partial charge is 0.465 e. The zero-order valence-corrected chi connectivity index (χ0v) is 10.1. The van der Waals surface area contributed by atoms with E-state index in [0.717, 1.165) is 17.5 Å². The van der Waals surface area contributed by atoms with Crippen molar-refractivity contribution in [1.29, 1.82) is 0 Å². The van der Waals surface area contributed by atoms with Crippen molar-refractivity contribution in [2.75, 3.05) is 20.3 Å². The van der Waals surface area contributed by atoms with Crippen molar-refractivity contribution in [3.63, 3.8) is 0 Å². The number of rotatable bonds is 7. The molecule has 2 N–H and O–H groups in total. The van der Waals surface area contributed by atoms with Crippen LogP contribution in [0.1, 0.15) is 17.5 Å². The van der Waals surface area contributed by atoms with E-state index in [2.05, 4.69) is 0 Å². The molecule has 0 saturated carbocycles. The van der Waals surface area contributed by atoms with Gasteiger partial charge in [-0.1, -0.05) is 24.3 Å². The molecule has 0 aliphatic rings. The SMILES string of the molecule is COCCCOC(=O)Cc1ccccc1CN. The summed E-state index contributed by atoms with van der Waals surface area (Å²) < 4.78 is 9.96. The molecule has 1 aromatic carbocycles. The summed E-state index contributed by atoms with van der Waals surface area (Å²) in [5.41, 5.74) is 7.52. The molecule has 0 aromatic heterocycles. The number of nitrogens with two attached hydrogens (primary N) is 1. The fourth-order valence-electron chi connectivity index (χ4n) is 1.52. The molecule has 0 unspecified atom stereocenters.